The van der Waals surface area contributed by atoms with Gasteiger partial charge in [0.1, 0.15) is 0 Å². The van der Waals surface area contributed by atoms with Gasteiger partial charge < -0.3 is 14.2 Å². The third-order valence-electron chi connectivity index (χ3n) is 5.94. The van der Waals surface area contributed by atoms with Crippen molar-refractivity contribution in [2.75, 3.05) is 21.3 Å². The summed E-state index contributed by atoms with van der Waals surface area (Å²) in [4.78, 5) is 17.5. The summed E-state index contributed by atoms with van der Waals surface area (Å²) >= 11 is 0. The molecule has 0 fully saturated rings. The Morgan fingerprint density at radius 3 is 2.05 bits per heavy atom. The first-order chi connectivity index (χ1) is 18.1. The Bertz CT molecular complexity index is 1570. The van der Waals surface area contributed by atoms with Crippen molar-refractivity contribution in [2.45, 2.75) is 0 Å². The largest absolute Gasteiger partial charge is 0.493 e. The molecular weight excluding hydrogens is 466 g/mol. The number of allylic oxidation sites excluding steroid dienone is 1. The van der Waals surface area contributed by atoms with Crippen LogP contribution in [0.4, 0.5) is 0 Å². The lowest BCUT2D eigenvalue weighted by Gasteiger charge is -2.15. The average molecular weight is 492 g/mol. The molecule has 0 spiro atoms. The number of nitrogens with zero attached hydrogens (tertiary/aromatic N) is 3. The average Bonchev–Trinajstić information content (AvgIpc) is 3.40. The summed E-state index contributed by atoms with van der Waals surface area (Å²) in [6, 6.07) is 26.6. The number of hydrogen-bond donors (Lipinski definition) is 0. The third-order valence-corrected chi connectivity index (χ3v) is 5.94. The minimum absolute atomic E-state index is 0.102. The van der Waals surface area contributed by atoms with Crippen molar-refractivity contribution in [3.8, 4) is 39.8 Å². The maximum Gasteiger partial charge on any atom is 0.203 e. The Kier molecular flexibility index (Phi) is 6.68. The summed E-state index contributed by atoms with van der Waals surface area (Å²) in [5, 5.41) is 4.85. The lowest BCUT2D eigenvalue weighted by molar-refractivity contribution is 0.104. The van der Waals surface area contributed by atoms with Crippen molar-refractivity contribution in [2.24, 2.45) is 0 Å². The van der Waals surface area contributed by atoms with Crippen LogP contribution in [0.1, 0.15) is 16.1 Å². The van der Waals surface area contributed by atoms with E-state index in [4.69, 9.17) is 24.3 Å². The number of carbonyl (C=O) groups is 1. The molecule has 7 heteroatoms. The summed E-state index contributed by atoms with van der Waals surface area (Å²) in [6.45, 7) is 0. The van der Waals surface area contributed by atoms with Crippen LogP contribution in [0, 0.1) is 0 Å². The van der Waals surface area contributed by atoms with Gasteiger partial charge in [0.05, 0.1) is 38.4 Å². The molecule has 0 saturated carbocycles. The second kappa shape index (κ2) is 10.4. The van der Waals surface area contributed by atoms with Gasteiger partial charge in [-0.15, -0.1) is 0 Å². The first kappa shape index (κ1) is 23.8. The number of benzene rings is 3. The zero-order valence-electron chi connectivity index (χ0n) is 20.7. The number of methoxy groups -OCH3 is 3. The van der Waals surface area contributed by atoms with Crippen LogP contribution >= 0.6 is 0 Å². The fraction of sp³-hybridized carbons (Fsp3) is 0.100. The Morgan fingerprint density at radius 2 is 1.43 bits per heavy atom. The van der Waals surface area contributed by atoms with Crippen LogP contribution in [0.25, 0.3) is 34.2 Å². The number of ether oxygens (including phenoxy) is 3. The molecule has 0 unspecified atom stereocenters. The summed E-state index contributed by atoms with van der Waals surface area (Å²) < 4.78 is 18.4. The van der Waals surface area contributed by atoms with Crippen LogP contribution < -0.4 is 14.2 Å². The second-order valence-corrected chi connectivity index (χ2v) is 8.21. The molecule has 0 amide bonds. The smallest absolute Gasteiger partial charge is 0.203 e. The Labute approximate surface area is 214 Å². The highest BCUT2D eigenvalue weighted by atomic mass is 16.5. The van der Waals surface area contributed by atoms with Gasteiger partial charge in [-0.2, -0.15) is 5.10 Å². The summed E-state index contributed by atoms with van der Waals surface area (Å²) in [7, 11) is 4.72. The van der Waals surface area contributed by atoms with E-state index in [2.05, 4.69) is 0 Å². The Hall–Kier alpha value is -4.91. The van der Waals surface area contributed by atoms with Crippen LogP contribution in [0.2, 0.25) is 0 Å². The highest BCUT2D eigenvalue weighted by Gasteiger charge is 2.18. The standard InChI is InChI=1S/C30H25N3O4/c1-35-27-16-22(17-28(36-2)30(27)37-3)25-18-23(14-15-26(34)21-12-8-5-9-13-21)31-29-19-24(32-33(25)29)20-10-6-4-7-11-20/h4-19H,1-3H3/b15-14+. The van der Waals surface area contributed by atoms with E-state index < -0.39 is 0 Å². The number of hydrogen-bond acceptors (Lipinski definition) is 6. The van der Waals surface area contributed by atoms with Crippen molar-refractivity contribution in [1.82, 2.24) is 14.6 Å². The highest BCUT2D eigenvalue weighted by Crippen LogP contribution is 2.41. The minimum Gasteiger partial charge on any atom is -0.493 e. The number of ketones is 1. The molecule has 0 atom stereocenters. The topological polar surface area (TPSA) is 75.0 Å². The van der Waals surface area contributed by atoms with E-state index in [1.807, 2.05) is 72.8 Å². The second-order valence-electron chi connectivity index (χ2n) is 8.21. The molecule has 0 radical (unpaired) electrons. The molecule has 3 aromatic carbocycles. The molecule has 5 aromatic rings. The Morgan fingerprint density at radius 1 is 0.784 bits per heavy atom. The van der Waals surface area contributed by atoms with E-state index in [1.165, 1.54) is 6.08 Å². The predicted octanol–water partition coefficient (Wildman–Crippen LogP) is 5.99. The monoisotopic (exact) mass is 491 g/mol. The zero-order chi connectivity index (χ0) is 25.8. The zero-order valence-corrected chi connectivity index (χ0v) is 20.7. The fourth-order valence-corrected chi connectivity index (χ4v) is 4.12. The van der Waals surface area contributed by atoms with E-state index in [0.29, 0.717) is 34.2 Å². The number of fused-ring (bicyclic) bond motifs is 1. The van der Waals surface area contributed by atoms with E-state index in [1.54, 1.807) is 44.1 Å². The quantitative estimate of drug-likeness (QED) is 0.196. The van der Waals surface area contributed by atoms with Gasteiger partial charge in [-0.1, -0.05) is 60.7 Å². The first-order valence-corrected chi connectivity index (χ1v) is 11.7. The lowest BCUT2D eigenvalue weighted by Crippen LogP contribution is -2.01. The summed E-state index contributed by atoms with van der Waals surface area (Å²) in [5.74, 6) is 1.44. The summed E-state index contributed by atoms with van der Waals surface area (Å²) in [6.07, 6.45) is 3.24. The normalized spacial score (nSPS) is 11.1. The number of aromatic nitrogens is 3. The maximum absolute atomic E-state index is 12.7. The van der Waals surface area contributed by atoms with Gasteiger partial charge in [0.15, 0.2) is 22.9 Å². The summed E-state index contributed by atoms with van der Waals surface area (Å²) in [5.41, 5.74) is 5.15. The molecule has 0 aliphatic heterocycles. The molecule has 0 aliphatic rings. The van der Waals surface area contributed by atoms with Crippen molar-refractivity contribution in [3.05, 3.63) is 102 Å². The fourth-order valence-electron chi connectivity index (χ4n) is 4.12. The number of rotatable bonds is 8. The van der Waals surface area contributed by atoms with Crippen molar-refractivity contribution >= 4 is 17.5 Å². The molecule has 2 heterocycles. The lowest BCUT2D eigenvalue weighted by atomic mass is 10.1. The van der Waals surface area contributed by atoms with E-state index in [0.717, 1.165) is 22.5 Å². The van der Waals surface area contributed by atoms with E-state index in [9.17, 15) is 4.79 Å². The van der Waals surface area contributed by atoms with Crippen LogP contribution in [0.15, 0.2) is 91.0 Å². The molecule has 184 valence electrons. The van der Waals surface area contributed by atoms with Gasteiger partial charge in [0, 0.05) is 22.8 Å². The van der Waals surface area contributed by atoms with Crippen molar-refractivity contribution in [3.63, 3.8) is 0 Å². The van der Waals surface area contributed by atoms with Gasteiger partial charge >= 0.3 is 0 Å². The minimum atomic E-state index is -0.102. The van der Waals surface area contributed by atoms with Crippen molar-refractivity contribution in [1.29, 1.82) is 0 Å². The SMILES string of the molecule is COc1cc(-c2cc(/C=C/C(=O)c3ccccc3)nc3cc(-c4ccccc4)nn23)cc(OC)c1OC. The van der Waals surface area contributed by atoms with Gasteiger partial charge in [0.2, 0.25) is 5.75 Å². The van der Waals surface area contributed by atoms with E-state index >= 15 is 0 Å². The molecule has 37 heavy (non-hydrogen) atoms. The molecule has 7 nitrogen and oxygen atoms in total. The van der Waals surface area contributed by atoms with Gasteiger partial charge in [-0.25, -0.2) is 9.50 Å². The van der Waals surface area contributed by atoms with Crippen LogP contribution in [0.5, 0.6) is 17.2 Å². The van der Waals surface area contributed by atoms with Crippen LogP contribution in [-0.2, 0) is 0 Å². The molecule has 0 bridgehead atoms. The predicted molar refractivity (Wildman–Crippen MR) is 143 cm³/mol. The van der Waals surface area contributed by atoms with E-state index in [-0.39, 0.29) is 5.78 Å². The molecule has 0 saturated heterocycles. The highest BCUT2D eigenvalue weighted by molar-refractivity contribution is 6.06. The molecular formula is C30H25N3O4. The van der Waals surface area contributed by atoms with Gasteiger partial charge in [-0.05, 0) is 30.4 Å². The van der Waals surface area contributed by atoms with Gasteiger partial charge in [-0.3, -0.25) is 4.79 Å². The van der Waals surface area contributed by atoms with Crippen molar-refractivity contribution < 1.29 is 19.0 Å². The first-order valence-electron chi connectivity index (χ1n) is 11.7. The van der Waals surface area contributed by atoms with Gasteiger partial charge in [0.25, 0.3) is 0 Å². The molecule has 0 aliphatic carbocycles. The third kappa shape index (κ3) is 4.79. The Balaban J connectivity index is 1.68. The van der Waals surface area contributed by atoms with Crippen LogP contribution in [0.3, 0.4) is 0 Å². The van der Waals surface area contributed by atoms with Crippen LogP contribution in [-0.4, -0.2) is 41.7 Å². The number of carbonyl (C=O) groups excluding carboxylic acids is 1. The molecule has 2 aromatic heterocycles. The molecule has 5 rings (SSSR count). The molecule has 0 N–H and O–H groups in total. The maximum atomic E-state index is 12.7.